The van der Waals surface area contributed by atoms with Gasteiger partial charge in [-0.2, -0.15) is 8.42 Å². The molecule has 1 heterocycles. The molecule has 0 spiro atoms. The topological polar surface area (TPSA) is 72.9 Å². The SMILES string of the molecule is CS(=O)(=O)OCCC1(c2ccc(Cl)c(Cl)c2)CN(C(=O)c2ccccc2)CO1. The molecule has 6 nitrogen and oxygen atoms in total. The van der Waals surface area contributed by atoms with Crippen LogP contribution in [0.3, 0.4) is 0 Å². The average Bonchev–Trinajstić information content (AvgIpc) is 3.08. The zero-order chi connectivity index (χ0) is 20.4. The predicted molar refractivity (Wildman–Crippen MR) is 107 cm³/mol. The molecule has 0 N–H and O–H groups in total. The second-order valence-electron chi connectivity index (χ2n) is 6.54. The number of halogens is 2. The molecule has 2 aromatic carbocycles. The first-order valence-corrected chi connectivity index (χ1v) is 11.1. The highest BCUT2D eigenvalue weighted by atomic mass is 35.5. The Hall–Kier alpha value is -1.64. The molecule has 0 bridgehead atoms. The van der Waals surface area contributed by atoms with Crippen LogP contribution in [0.1, 0.15) is 22.3 Å². The average molecular weight is 444 g/mol. The molecular weight excluding hydrogens is 425 g/mol. The Morgan fingerprint density at radius 1 is 1.18 bits per heavy atom. The van der Waals surface area contributed by atoms with Crippen molar-refractivity contribution in [2.45, 2.75) is 12.0 Å². The third-order valence-corrected chi connectivity index (χ3v) is 5.83. The molecule has 9 heteroatoms. The van der Waals surface area contributed by atoms with E-state index in [-0.39, 0.29) is 32.2 Å². The molecule has 1 aliphatic heterocycles. The van der Waals surface area contributed by atoms with Crippen LogP contribution >= 0.6 is 23.2 Å². The Morgan fingerprint density at radius 2 is 1.89 bits per heavy atom. The number of benzene rings is 2. The minimum absolute atomic E-state index is 0.0623. The highest BCUT2D eigenvalue weighted by molar-refractivity contribution is 7.85. The first-order valence-electron chi connectivity index (χ1n) is 8.48. The molecule has 1 aliphatic rings. The second-order valence-corrected chi connectivity index (χ2v) is 9.00. The first kappa shape index (κ1) is 21.1. The smallest absolute Gasteiger partial charge is 0.264 e. The lowest BCUT2D eigenvalue weighted by Gasteiger charge is -2.28. The first-order chi connectivity index (χ1) is 13.2. The lowest BCUT2D eigenvalue weighted by atomic mass is 9.90. The molecule has 0 aliphatic carbocycles. The van der Waals surface area contributed by atoms with Gasteiger partial charge in [-0.1, -0.05) is 47.5 Å². The highest BCUT2D eigenvalue weighted by Gasteiger charge is 2.43. The quantitative estimate of drug-likeness (QED) is 0.636. The normalized spacial score (nSPS) is 19.8. The fourth-order valence-corrected chi connectivity index (χ4v) is 3.79. The summed E-state index contributed by atoms with van der Waals surface area (Å²) in [5.41, 5.74) is 0.286. The Labute approximate surface area is 174 Å². The van der Waals surface area contributed by atoms with E-state index in [4.69, 9.17) is 32.1 Å². The monoisotopic (exact) mass is 443 g/mol. The van der Waals surface area contributed by atoms with Gasteiger partial charge < -0.3 is 9.64 Å². The minimum Gasteiger partial charge on any atom is -0.348 e. The summed E-state index contributed by atoms with van der Waals surface area (Å²) in [5, 5.41) is 0.738. The van der Waals surface area contributed by atoms with E-state index in [2.05, 4.69) is 0 Å². The molecule has 2 aromatic rings. The van der Waals surface area contributed by atoms with E-state index in [9.17, 15) is 13.2 Å². The molecule has 0 radical (unpaired) electrons. The van der Waals surface area contributed by atoms with E-state index in [0.29, 0.717) is 21.2 Å². The van der Waals surface area contributed by atoms with Crippen molar-refractivity contribution in [2.75, 3.05) is 26.1 Å². The zero-order valence-corrected chi connectivity index (χ0v) is 17.4. The summed E-state index contributed by atoms with van der Waals surface area (Å²) in [5.74, 6) is -0.174. The van der Waals surface area contributed by atoms with E-state index < -0.39 is 15.7 Å². The van der Waals surface area contributed by atoms with Crippen LogP contribution in [0.4, 0.5) is 0 Å². The summed E-state index contributed by atoms with van der Waals surface area (Å²) < 4.78 is 33.6. The van der Waals surface area contributed by atoms with Gasteiger partial charge >= 0.3 is 0 Å². The Bertz CT molecular complexity index is 968. The summed E-state index contributed by atoms with van der Waals surface area (Å²) in [6.07, 6.45) is 1.20. The Morgan fingerprint density at radius 3 is 2.54 bits per heavy atom. The van der Waals surface area contributed by atoms with E-state index in [1.54, 1.807) is 47.4 Å². The van der Waals surface area contributed by atoms with Crippen molar-refractivity contribution < 1.29 is 22.1 Å². The third-order valence-electron chi connectivity index (χ3n) is 4.50. The number of amides is 1. The molecule has 28 heavy (non-hydrogen) atoms. The maximum absolute atomic E-state index is 12.8. The highest BCUT2D eigenvalue weighted by Crippen LogP contribution is 2.38. The van der Waals surface area contributed by atoms with Gasteiger partial charge in [0.15, 0.2) is 0 Å². The Balaban J connectivity index is 1.87. The lowest BCUT2D eigenvalue weighted by Crippen LogP contribution is -2.36. The number of rotatable bonds is 6. The van der Waals surface area contributed by atoms with Crippen LogP contribution in [0, 0.1) is 0 Å². The summed E-state index contributed by atoms with van der Waals surface area (Å²) in [4.78, 5) is 14.4. The van der Waals surface area contributed by atoms with Gasteiger partial charge in [-0.3, -0.25) is 8.98 Å². The molecule has 3 rings (SSSR count). The summed E-state index contributed by atoms with van der Waals surface area (Å²) in [6, 6.07) is 13.9. The molecule has 150 valence electrons. The largest absolute Gasteiger partial charge is 0.348 e. The van der Waals surface area contributed by atoms with E-state index >= 15 is 0 Å². The van der Waals surface area contributed by atoms with Gasteiger partial charge in [0.1, 0.15) is 12.3 Å². The summed E-state index contributed by atoms with van der Waals surface area (Å²) in [6.45, 7) is 0.200. The number of hydrogen-bond donors (Lipinski definition) is 0. The van der Waals surface area contributed by atoms with Crippen LogP contribution in [0.25, 0.3) is 0 Å². The molecule has 1 unspecified atom stereocenters. The lowest BCUT2D eigenvalue weighted by molar-refractivity contribution is -0.0125. The van der Waals surface area contributed by atoms with Crippen LogP contribution in [-0.4, -0.2) is 45.4 Å². The van der Waals surface area contributed by atoms with Crippen LogP contribution in [0.5, 0.6) is 0 Å². The van der Waals surface area contributed by atoms with E-state index in [1.807, 2.05) is 6.07 Å². The molecule has 0 saturated carbocycles. The standard InChI is InChI=1S/C19H19Cl2NO5S/c1-28(24,25)27-10-9-19(15-7-8-16(20)17(21)11-15)12-22(13-26-19)18(23)14-5-3-2-4-6-14/h2-8,11H,9-10,12-13H2,1H3. The van der Waals surface area contributed by atoms with Crippen LogP contribution in [0.15, 0.2) is 48.5 Å². The van der Waals surface area contributed by atoms with Crippen LogP contribution < -0.4 is 0 Å². The van der Waals surface area contributed by atoms with Crippen molar-refractivity contribution in [3.05, 3.63) is 69.7 Å². The molecule has 0 aromatic heterocycles. The van der Waals surface area contributed by atoms with Gasteiger partial charge in [-0.05, 0) is 29.8 Å². The van der Waals surface area contributed by atoms with Gasteiger partial charge in [0.2, 0.25) is 0 Å². The number of hydrogen-bond acceptors (Lipinski definition) is 5. The third kappa shape index (κ3) is 4.85. The zero-order valence-electron chi connectivity index (χ0n) is 15.1. The van der Waals surface area contributed by atoms with Crippen molar-refractivity contribution in [3.63, 3.8) is 0 Å². The molecule has 1 saturated heterocycles. The molecule has 1 fully saturated rings. The minimum atomic E-state index is -3.60. The van der Waals surface area contributed by atoms with Gasteiger partial charge in [-0.25, -0.2) is 0 Å². The van der Waals surface area contributed by atoms with Gasteiger partial charge in [0.25, 0.3) is 16.0 Å². The fraction of sp³-hybridized carbons (Fsp3) is 0.316. The molecule has 1 amide bonds. The van der Waals surface area contributed by atoms with Gasteiger partial charge in [0, 0.05) is 12.0 Å². The number of carbonyl (C=O) groups excluding carboxylic acids is 1. The number of carbonyl (C=O) groups is 1. The fourth-order valence-electron chi connectivity index (χ4n) is 3.10. The molecular formula is C19H19Cl2NO5S. The van der Waals surface area contributed by atoms with Crippen molar-refractivity contribution in [2.24, 2.45) is 0 Å². The maximum atomic E-state index is 12.8. The van der Waals surface area contributed by atoms with Crippen molar-refractivity contribution in [1.29, 1.82) is 0 Å². The van der Waals surface area contributed by atoms with Crippen LogP contribution in [-0.2, 0) is 24.6 Å². The maximum Gasteiger partial charge on any atom is 0.264 e. The molecule has 1 atom stereocenters. The van der Waals surface area contributed by atoms with Crippen LogP contribution in [0.2, 0.25) is 10.0 Å². The summed E-state index contributed by atoms with van der Waals surface area (Å²) in [7, 11) is -3.60. The number of ether oxygens (including phenoxy) is 1. The van der Waals surface area contributed by atoms with Gasteiger partial charge in [-0.15, -0.1) is 0 Å². The van der Waals surface area contributed by atoms with Crippen molar-refractivity contribution in [3.8, 4) is 0 Å². The van der Waals surface area contributed by atoms with Crippen molar-refractivity contribution in [1.82, 2.24) is 4.90 Å². The van der Waals surface area contributed by atoms with Gasteiger partial charge in [0.05, 0.1) is 29.5 Å². The second kappa shape index (κ2) is 8.39. The number of nitrogens with zero attached hydrogens (tertiary/aromatic N) is 1. The van der Waals surface area contributed by atoms with E-state index in [0.717, 1.165) is 6.26 Å². The van der Waals surface area contributed by atoms with Crippen molar-refractivity contribution >= 4 is 39.2 Å². The summed E-state index contributed by atoms with van der Waals surface area (Å²) >= 11 is 12.2. The van der Waals surface area contributed by atoms with E-state index in [1.165, 1.54) is 0 Å². The predicted octanol–water partition coefficient (Wildman–Crippen LogP) is 3.69. The Kier molecular flexibility index (Phi) is 6.31.